The van der Waals surface area contributed by atoms with Gasteiger partial charge in [-0.3, -0.25) is 9.69 Å². The molecule has 2 aliphatic heterocycles. The van der Waals surface area contributed by atoms with Gasteiger partial charge < -0.3 is 14.8 Å². The fraction of sp³-hybridized carbons (Fsp3) is 0.458. The molecule has 5 nitrogen and oxygen atoms in total. The Kier molecular flexibility index (Phi) is 6.54. The summed E-state index contributed by atoms with van der Waals surface area (Å²) in [6, 6.07) is 15.7. The summed E-state index contributed by atoms with van der Waals surface area (Å²) in [4.78, 5) is 16.8. The Hall–Kier alpha value is -2.18. The van der Waals surface area contributed by atoms with Crippen LogP contribution in [0.3, 0.4) is 0 Å². The minimum atomic E-state index is -0.0815. The van der Waals surface area contributed by atoms with E-state index in [0.29, 0.717) is 29.1 Å². The predicted molar refractivity (Wildman–Crippen MR) is 121 cm³/mol. The van der Waals surface area contributed by atoms with Crippen LogP contribution in [0.25, 0.3) is 0 Å². The van der Waals surface area contributed by atoms with Crippen molar-refractivity contribution in [1.82, 2.24) is 10.2 Å². The van der Waals surface area contributed by atoms with Crippen LogP contribution < -0.4 is 14.8 Å². The van der Waals surface area contributed by atoms with Crippen LogP contribution in [-0.2, 0) is 6.54 Å². The number of rotatable bonds is 7. The highest BCUT2D eigenvalue weighted by Crippen LogP contribution is 2.38. The van der Waals surface area contributed by atoms with Gasteiger partial charge in [0.15, 0.2) is 11.5 Å². The van der Waals surface area contributed by atoms with Crippen LogP contribution in [0.5, 0.6) is 11.5 Å². The van der Waals surface area contributed by atoms with Crippen molar-refractivity contribution in [1.29, 1.82) is 0 Å². The Morgan fingerprint density at radius 1 is 1.10 bits per heavy atom. The number of hydrogen-bond donors (Lipinski definition) is 1. The topological polar surface area (TPSA) is 50.8 Å². The molecule has 2 aliphatic rings. The zero-order valence-electron chi connectivity index (χ0n) is 17.9. The lowest BCUT2D eigenvalue weighted by molar-refractivity contribution is 0.0824. The second-order valence-corrected chi connectivity index (χ2v) is 8.97. The van der Waals surface area contributed by atoms with Gasteiger partial charge in [0.25, 0.3) is 5.91 Å². The minimum absolute atomic E-state index is 0.0815. The summed E-state index contributed by atoms with van der Waals surface area (Å²) in [6.45, 7) is 0.998. The number of nitrogens with zero attached hydrogens (tertiary/aromatic N) is 1. The number of thioether (sulfide) groups is 1. The molecule has 0 aromatic heterocycles. The van der Waals surface area contributed by atoms with E-state index in [2.05, 4.69) is 40.5 Å². The third-order valence-corrected chi connectivity index (χ3v) is 7.07. The first-order valence-corrected chi connectivity index (χ1v) is 11.8. The molecule has 0 spiro atoms. The maximum Gasteiger partial charge on any atom is 0.255 e. The molecule has 1 N–H and O–H groups in total. The van der Waals surface area contributed by atoms with Crippen LogP contribution in [0.4, 0.5) is 0 Å². The monoisotopic (exact) mass is 426 g/mol. The summed E-state index contributed by atoms with van der Waals surface area (Å²) in [5.74, 6) is 1.01. The second-order valence-electron chi connectivity index (χ2n) is 8.10. The van der Waals surface area contributed by atoms with E-state index in [0.717, 1.165) is 24.3 Å². The van der Waals surface area contributed by atoms with Crippen molar-refractivity contribution in [2.75, 3.05) is 20.5 Å². The van der Waals surface area contributed by atoms with Crippen LogP contribution in [0.2, 0.25) is 0 Å². The van der Waals surface area contributed by atoms with Crippen molar-refractivity contribution >= 4 is 17.7 Å². The largest absolute Gasteiger partial charge is 0.493 e. The van der Waals surface area contributed by atoms with E-state index in [1.807, 2.05) is 18.4 Å². The normalized spacial score (nSPS) is 23.2. The van der Waals surface area contributed by atoms with Crippen molar-refractivity contribution in [3.05, 3.63) is 53.6 Å². The number of nitrogens with one attached hydrogen (secondary N) is 1. The molecule has 4 rings (SSSR count). The van der Waals surface area contributed by atoms with Crippen molar-refractivity contribution in [3.63, 3.8) is 0 Å². The van der Waals surface area contributed by atoms with Crippen LogP contribution in [-0.4, -0.2) is 49.4 Å². The molecule has 30 heavy (non-hydrogen) atoms. The van der Waals surface area contributed by atoms with Gasteiger partial charge in [0.2, 0.25) is 0 Å². The first-order valence-electron chi connectivity index (χ1n) is 10.5. The lowest BCUT2D eigenvalue weighted by atomic mass is 9.96. The quantitative estimate of drug-likeness (QED) is 0.667. The van der Waals surface area contributed by atoms with Gasteiger partial charge in [-0.2, -0.15) is 0 Å². The highest BCUT2D eigenvalue weighted by Gasteiger charge is 2.41. The van der Waals surface area contributed by atoms with Gasteiger partial charge >= 0.3 is 0 Å². The van der Waals surface area contributed by atoms with Gasteiger partial charge in [-0.05, 0) is 49.6 Å². The lowest BCUT2D eigenvalue weighted by Gasteiger charge is -2.39. The van der Waals surface area contributed by atoms with Gasteiger partial charge in [-0.15, -0.1) is 11.8 Å². The van der Waals surface area contributed by atoms with E-state index in [4.69, 9.17) is 9.47 Å². The summed E-state index contributed by atoms with van der Waals surface area (Å²) >= 11 is 1.58. The average molecular weight is 427 g/mol. The second kappa shape index (κ2) is 9.31. The van der Waals surface area contributed by atoms with E-state index >= 15 is 0 Å². The van der Waals surface area contributed by atoms with Gasteiger partial charge in [0.1, 0.15) is 0 Å². The van der Waals surface area contributed by atoms with Crippen molar-refractivity contribution in [2.45, 2.75) is 55.2 Å². The SMILES string of the molecule is COc1cc(SC)cc(C(=O)NC2CC3CCC(C2)N3Cc2ccccc2)c1OC. The number of piperidine rings is 1. The summed E-state index contributed by atoms with van der Waals surface area (Å²) in [7, 11) is 3.18. The Bertz CT molecular complexity index is 876. The zero-order chi connectivity index (χ0) is 21.1. The molecule has 2 aromatic rings. The Balaban J connectivity index is 1.46. The molecule has 0 saturated carbocycles. The Labute approximate surface area is 183 Å². The molecule has 2 aromatic carbocycles. The van der Waals surface area contributed by atoms with E-state index in [-0.39, 0.29) is 11.9 Å². The van der Waals surface area contributed by atoms with Crippen LogP contribution in [0.15, 0.2) is 47.4 Å². The number of carbonyl (C=O) groups excluding carboxylic acids is 1. The Morgan fingerprint density at radius 3 is 2.40 bits per heavy atom. The fourth-order valence-corrected chi connectivity index (χ4v) is 5.39. The first-order chi connectivity index (χ1) is 14.6. The van der Waals surface area contributed by atoms with Gasteiger partial charge in [-0.25, -0.2) is 0 Å². The third kappa shape index (κ3) is 4.30. The molecule has 2 atom stereocenters. The third-order valence-electron chi connectivity index (χ3n) is 6.36. The average Bonchev–Trinajstić information content (AvgIpc) is 3.00. The van der Waals surface area contributed by atoms with Crippen LogP contribution in [0.1, 0.15) is 41.6 Å². The number of benzene rings is 2. The molecule has 2 unspecified atom stereocenters. The number of hydrogen-bond acceptors (Lipinski definition) is 5. The fourth-order valence-electron chi connectivity index (χ4n) is 4.93. The van der Waals surface area contributed by atoms with Gasteiger partial charge in [0.05, 0.1) is 19.8 Å². The molecule has 2 saturated heterocycles. The summed E-state index contributed by atoms with van der Waals surface area (Å²) in [5.41, 5.74) is 1.91. The number of fused-ring (bicyclic) bond motifs is 2. The van der Waals surface area contributed by atoms with Gasteiger partial charge in [-0.1, -0.05) is 30.3 Å². The van der Waals surface area contributed by atoms with Crippen molar-refractivity contribution in [3.8, 4) is 11.5 Å². The molecule has 6 heteroatoms. The molecular formula is C24H30N2O3S. The molecular weight excluding hydrogens is 396 g/mol. The van der Waals surface area contributed by atoms with E-state index in [1.165, 1.54) is 18.4 Å². The zero-order valence-corrected chi connectivity index (χ0v) is 18.7. The maximum absolute atomic E-state index is 13.2. The smallest absolute Gasteiger partial charge is 0.255 e. The molecule has 2 bridgehead atoms. The maximum atomic E-state index is 13.2. The molecule has 0 aliphatic carbocycles. The summed E-state index contributed by atoms with van der Waals surface area (Å²) in [6.07, 6.45) is 6.41. The molecule has 0 radical (unpaired) electrons. The molecule has 1 amide bonds. The first kappa shape index (κ1) is 21.1. The van der Waals surface area contributed by atoms with Crippen molar-refractivity contribution < 1.29 is 14.3 Å². The highest BCUT2D eigenvalue weighted by molar-refractivity contribution is 7.98. The van der Waals surface area contributed by atoms with E-state index in [9.17, 15) is 4.79 Å². The van der Waals surface area contributed by atoms with Crippen LogP contribution >= 0.6 is 11.8 Å². The summed E-state index contributed by atoms with van der Waals surface area (Å²) in [5, 5.41) is 3.29. The number of amides is 1. The lowest BCUT2D eigenvalue weighted by Crippen LogP contribution is -2.50. The van der Waals surface area contributed by atoms with Gasteiger partial charge in [0, 0.05) is 29.6 Å². The standard InChI is InChI=1S/C24H30N2O3S/c1-28-22-14-20(30-3)13-21(23(22)29-2)24(27)25-17-11-18-9-10-19(12-17)26(18)15-16-7-5-4-6-8-16/h4-8,13-14,17-19H,9-12,15H2,1-3H3,(H,25,27). The van der Waals surface area contributed by atoms with E-state index in [1.54, 1.807) is 26.0 Å². The number of methoxy groups -OCH3 is 2. The molecule has 2 fully saturated rings. The van der Waals surface area contributed by atoms with Crippen molar-refractivity contribution in [2.24, 2.45) is 0 Å². The number of ether oxygens (including phenoxy) is 2. The Morgan fingerprint density at radius 2 is 1.80 bits per heavy atom. The number of carbonyl (C=O) groups is 1. The molecule has 160 valence electrons. The molecule has 2 heterocycles. The summed E-state index contributed by atoms with van der Waals surface area (Å²) < 4.78 is 11.0. The van der Waals surface area contributed by atoms with Crippen LogP contribution in [0, 0.1) is 0 Å². The van der Waals surface area contributed by atoms with E-state index < -0.39 is 0 Å². The minimum Gasteiger partial charge on any atom is -0.493 e. The predicted octanol–water partition coefficient (Wildman–Crippen LogP) is 4.35. The highest BCUT2D eigenvalue weighted by atomic mass is 32.2.